The van der Waals surface area contributed by atoms with Gasteiger partial charge in [0.05, 0.1) is 10.6 Å². The molecule has 2 rings (SSSR count). The van der Waals surface area contributed by atoms with Crippen molar-refractivity contribution in [3.63, 3.8) is 0 Å². The Kier molecular flexibility index (Phi) is 4.49. The van der Waals surface area contributed by atoms with Gasteiger partial charge in [-0.15, -0.1) is 5.11 Å². The normalized spacial score (nSPS) is 11.0. The van der Waals surface area contributed by atoms with Crippen LogP contribution in [0.5, 0.6) is 5.75 Å². The van der Waals surface area contributed by atoms with Crippen LogP contribution in [-0.4, -0.2) is 10.0 Å². The molecule has 0 heterocycles. The van der Waals surface area contributed by atoms with E-state index >= 15 is 0 Å². The molecular formula is C14H12ClN3O3. The summed E-state index contributed by atoms with van der Waals surface area (Å²) in [7, 11) is 0. The summed E-state index contributed by atoms with van der Waals surface area (Å²) < 4.78 is 0. The summed E-state index contributed by atoms with van der Waals surface area (Å²) >= 11 is 5.72. The Morgan fingerprint density at radius 3 is 2.67 bits per heavy atom. The van der Waals surface area contributed by atoms with E-state index in [0.29, 0.717) is 5.69 Å². The molecule has 6 nitrogen and oxygen atoms in total. The highest BCUT2D eigenvalue weighted by molar-refractivity contribution is 6.32. The minimum Gasteiger partial charge on any atom is -0.506 e. The number of nitro benzene ring substituents is 1. The quantitative estimate of drug-likeness (QED) is 0.493. The van der Waals surface area contributed by atoms with Crippen LogP contribution < -0.4 is 0 Å². The zero-order chi connectivity index (χ0) is 15.4. The lowest BCUT2D eigenvalue weighted by atomic mass is 10.1. The summed E-state index contributed by atoms with van der Waals surface area (Å²) in [5, 5.41) is 28.4. The van der Waals surface area contributed by atoms with Gasteiger partial charge in [0, 0.05) is 6.07 Å². The van der Waals surface area contributed by atoms with Crippen LogP contribution in [0.3, 0.4) is 0 Å². The number of benzene rings is 2. The molecule has 108 valence electrons. The first kappa shape index (κ1) is 14.9. The first-order valence-corrected chi connectivity index (χ1v) is 6.56. The van der Waals surface area contributed by atoms with Crippen LogP contribution in [0, 0.1) is 10.1 Å². The highest BCUT2D eigenvalue weighted by Gasteiger charge is 2.12. The van der Waals surface area contributed by atoms with Gasteiger partial charge in [-0.25, -0.2) is 0 Å². The van der Waals surface area contributed by atoms with Crippen molar-refractivity contribution in [1.82, 2.24) is 0 Å². The molecule has 2 aromatic rings. The van der Waals surface area contributed by atoms with E-state index in [9.17, 15) is 15.2 Å². The van der Waals surface area contributed by atoms with Crippen molar-refractivity contribution < 1.29 is 10.0 Å². The number of aryl methyl sites for hydroxylation is 1. The fraction of sp³-hybridized carbons (Fsp3) is 0.143. The molecule has 0 saturated carbocycles. The molecule has 0 saturated heterocycles. The molecule has 1 N–H and O–H groups in total. The maximum Gasteiger partial charge on any atom is 0.290 e. The Balaban J connectivity index is 2.33. The molecule has 0 fully saturated rings. The van der Waals surface area contributed by atoms with Gasteiger partial charge in [-0.2, -0.15) is 5.11 Å². The first-order valence-electron chi connectivity index (χ1n) is 6.19. The van der Waals surface area contributed by atoms with Crippen LogP contribution in [0.25, 0.3) is 0 Å². The zero-order valence-corrected chi connectivity index (χ0v) is 11.9. The number of aromatic hydroxyl groups is 1. The SMILES string of the molecule is CCc1ccc(O)c(N=Nc2ccc(Cl)c([N+](=O)[O-])c2)c1. The van der Waals surface area contributed by atoms with Crippen LogP contribution >= 0.6 is 11.6 Å². The Hall–Kier alpha value is -2.47. The molecule has 7 heteroatoms. The lowest BCUT2D eigenvalue weighted by molar-refractivity contribution is -0.384. The third-order valence-corrected chi connectivity index (χ3v) is 3.17. The number of halogens is 1. The molecular weight excluding hydrogens is 294 g/mol. The van der Waals surface area contributed by atoms with Gasteiger partial charge in [-0.1, -0.05) is 24.6 Å². The maximum atomic E-state index is 10.8. The summed E-state index contributed by atoms with van der Waals surface area (Å²) in [5.41, 5.74) is 1.36. The summed E-state index contributed by atoms with van der Waals surface area (Å²) in [6.07, 6.45) is 0.801. The van der Waals surface area contributed by atoms with E-state index in [1.807, 2.05) is 6.92 Å². The number of hydrogen-bond donors (Lipinski definition) is 1. The average Bonchev–Trinajstić information content (AvgIpc) is 2.47. The van der Waals surface area contributed by atoms with Crippen LogP contribution in [-0.2, 0) is 6.42 Å². The van der Waals surface area contributed by atoms with Gasteiger partial charge in [0.15, 0.2) is 0 Å². The van der Waals surface area contributed by atoms with E-state index in [4.69, 9.17) is 11.6 Å². The predicted octanol–water partition coefficient (Wildman–Crippen LogP) is 4.93. The Morgan fingerprint density at radius 2 is 2.00 bits per heavy atom. The van der Waals surface area contributed by atoms with E-state index in [0.717, 1.165) is 12.0 Å². The lowest BCUT2D eigenvalue weighted by Gasteiger charge is -2.01. The third-order valence-electron chi connectivity index (χ3n) is 2.85. The van der Waals surface area contributed by atoms with Gasteiger partial charge in [0.25, 0.3) is 5.69 Å². The van der Waals surface area contributed by atoms with Crippen molar-refractivity contribution in [3.8, 4) is 5.75 Å². The number of hydrogen-bond acceptors (Lipinski definition) is 5. The van der Waals surface area contributed by atoms with Crippen molar-refractivity contribution in [2.45, 2.75) is 13.3 Å². The van der Waals surface area contributed by atoms with Crippen molar-refractivity contribution >= 4 is 28.7 Å². The van der Waals surface area contributed by atoms with E-state index in [2.05, 4.69) is 10.2 Å². The maximum absolute atomic E-state index is 10.8. The lowest BCUT2D eigenvalue weighted by Crippen LogP contribution is -1.87. The van der Waals surface area contributed by atoms with Gasteiger partial charge in [0.1, 0.15) is 16.5 Å². The fourth-order valence-corrected chi connectivity index (χ4v) is 1.87. The number of phenolic OH excluding ortho intramolecular Hbond substituents is 1. The number of nitrogens with zero attached hydrogens (tertiary/aromatic N) is 3. The highest BCUT2D eigenvalue weighted by Crippen LogP contribution is 2.32. The number of rotatable bonds is 4. The van der Waals surface area contributed by atoms with E-state index < -0.39 is 4.92 Å². The molecule has 0 aliphatic heterocycles. The number of phenols is 1. The van der Waals surface area contributed by atoms with Gasteiger partial charge in [0.2, 0.25) is 0 Å². The average molecular weight is 306 g/mol. The molecule has 0 aliphatic rings. The van der Waals surface area contributed by atoms with E-state index in [1.165, 1.54) is 24.3 Å². The van der Waals surface area contributed by atoms with E-state index in [-0.39, 0.29) is 22.1 Å². The third kappa shape index (κ3) is 3.55. The molecule has 0 unspecified atom stereocenters. The molecule has 0 bridgehead atoms. The topological polar surface area (TPSA) is 88.1 Å². The first-order chi connectivity index (χ1) is 10.0. The van der Waals surface area contributed by atoms with Crippen LogP contribution in [0.4, 0.5) is 17.1 Å². The molecule has 0 radical (unpaired) electrons. The van der Waals surface area contributed by atoms with E-state index in [1.54, 1.807) is 12.1 Å². The smallest absolute Gasteiger partial charge is 0.290 e. The second kappa shape index (κ2) is 6.32. The van der Waals surface area contributed by atoms with Crippen LogP contribution in [0.15, 0.2) is 46.6 Å². The van der Waals surface area contributed by atoms with Crippen LogP contribution in [0.1, 0.15) is 12.5 Å². The van der Waals surface area contributed by atoms with Crippen molar-refractivity contribution in [2.24, 2.45) is 10.2 Å². The second-order valence-electron chi connectivity index (χ2n) is 4.27. The Morgan fingerprint density at radius 1 is 1.24 bits per heavy atom. The zero-order valence-electron chi connectivity index (χ0n) is 11.2. The minimum absolute atomic E-state index is 0.000543. The monoisotopic (exact) mass is 305 g/mol. The van der Waals surface area contributed by atoms with Crippen molar-refractivity contribution in [1.29, 1.82) is 0 Å². The van der Waals surface area contributed by atoms with Gasteiger partial charge in [-0.05, 0) is 36.2 Å². The second-order valence-corrected chi connectivity index (χ2v) is 4.68. The van der Waals surface area contributed by atoms with Crippen LogP contribution in [0.2, 0.25) is 5.02 Å². The predicted molar refractivity (Wildman–Crippen MR) is 79.8 cm³/mol. The minimum atomic E-state index is -0.587. The molecule has 0 aliphatic carbocycles. The van der Waals surface area contributed by atoms with Crippen molar-refractivity contribution in [2.75, 3.05) is 0 Å². The molecule has 0 aromatic heterocycles. The highest BCUT2D eigenvalue weighted by atomic mass is 35.5. The Labute approximate surface area is 125 Å². The van der Waals surface area contributed by atoms with Gasteiger partial charge < -0.3 is 5.11 Å². The summed E-state index contributed by atoms with van der Waals surface area (Å²) in [6.45, 7) is 1.98. The standard InChI is InChI=1S/C14H12ClN3O3/c1-2-9-3-6-14(19)12(7-9)17-16-10-4-5-11(15)13(8-10)18(20)21/h3-8,19H,2H2,1H3. The molecule has 0 amide bonds. The Bertz CT molecular complexity index is 717. The van der Waals surface area contributed by atoms with Gasteiger partial charge >= 0.3 is 0 Å². The molecule has 2 aromatic carbocycles. The number of nitro groups is 1. The largest absolute Gasteiger partial charge is 0.506 e. The van der Waals surface area contributed by atoms with Gasteiger partial charge in [-0.3, -0.25) is 10.1 Å². The summed E-state index contributed by atoms with van der Waals surface area (Å²) in [6, 6.07) is 9.17. The summed E-state index contributed by atoms with van der Waals surface area (Å²) in [4.78, 5) is 10.2. The van der Waals surface area contributed by atoms with Crippen molar-refractivity contribution in [3.05, 3.63) is 57.1 Å². The summed E-state index contributed by atoms with van der Waals surface area (Å²) in [5.74, 6) is -0.000543. The molecule has 21 heavy (non-hydrogen) atoms. The molecule has 0 atom stereocenters. The number of azo groups is 1. The fourth-order valence-electron chi connectivity index (χ4n) is 1.68. The molecule has 0 spiro atoms.